The zero-order valence-corrected chi connectivity index (χ0v) is 21.7. The highest BCUT2D eigenvalue weighted by molar-refractivity contribution is 7.99. The second-order valence-electron chi connectivity index (χ2n) is 7.61. The standard InChI is InChI=1S/C26H26N4O3S2/c1-5-20-15(3)11-17(12-27)25(30-20)35-14-21-23(26(31)32-6-2)22(19(13-28)24(29)33-21)16-7-9-18(34-4)10-8-16/h7-11,22H,5-6,14,29H2,1-4H3/t22-/m0/s1. The van der Waals surface area contributed by atoms with E-state index in [4.69, 9.17) is 15.2 Å². The number of nitriles is 2. The second kappa shape index (κ2) is 11.8. The van der Waals surface area contributed by atoms with Crippen LogP contribution in [0.15, 0.2) is 63.0 Å². The maximum absolute atomic E-state index is 13.1. The minimum absolute atomic E-state index is 0.0540. The van der Waals surface area contributed by atoms with Crippen molar-refractivity contribution in [1.82, 2.24) is 4.98 Å². The highest BCUT2D eigenvalue weighted by Crippen LogP contribution is 2.41. The predicted molar refractivity (Wildman–Crippen MR) is 136 cm³/mol. The van der Waals surface area contributed by atoms with Gasteiger partial charge in [-0.2, -0.15) is 10.5 Å². The molecule has 0 fully saturated rings. The van der Waals surface area contributed by atoms with E-state index in [1.807, 2.05) is 50.4 Å². The van der Waals surface area contributed by atoms with Crippen LogP contribution in [0.1, 0.15) is 42.1 Å². The third-order valence-electron chi connectivity index (χ3n) is 5.52. The van der Waals surface area contributed by atoms with Gasteiger partial charge >= 0.3 is 5.97 Å². The molecular weight excluding hydrogens is 480 g/mol. The molecule has 1 aliphatic rings. The summed E-state index contributed by atoms with van der Waals surface area (Å²) >= 11 is 2.87. The topological polar surface area (TPSA) is 122 Å². The maximum atomic E-state index is 13.1. The summed E-state index contributed by atoms with van der Waals surface area (Å²) in [5.41, 5.74) is 9.56. The maximum Gasteiger partial charge on any atom is 0.338 e. The van der Waals surface area contributed by atoms with Crippen molar-refractivity contribution in [2.24, 2.45) is 5.73 Å². The zero-order chi connectivity index (χ0) is 25.5. The number of aryl methyl sites for hydroxylation is 2. The minimum atomic E-state index is -0.730. The number of hydrogen-bond acceptors (Lipinski definition) is 9. The number of allylic oxidation sites excluding steroid dienone is 1. The van der Waals surface area contributed by atoms with Gasteiger partial charge in [-0.25, -0.2) is 9.78 Å². The number of nitrogens with zero attached hydrogens (tertiary/aromatic N) is 3. The molecule has 0 saturated carbocycles. The van der Waals surface area contributed by atoms with E-state index in [9.17, 15) is 15.3 Å². The van der Waals surface area contributed by atoms with Gasteiger partial charge in [0.05, 0.1) is 29.4 Å². The summed E-state index contributed by atoms with van der Waals surface area (Å²) in [6.45, 7) is 5.81. The van der Waals surface area contributed by atoms with Crippen molar-refractivity contribution in [1.29, 1.82) is 10.5 Å². The number of benzene rings is 1. The molecule has 0 aliphatic carbocycles. The molecule has 35 heavy (non-hydrogen) atoms. The number of thioether (sulfide) groups is 2. The van der Waals surface area contributed by atoms with Crippen LogP contribution in [0.25, 0.3) is 0 Å². The highest BCUT2D eigenvalue weighted by Gasteiger charge is 2.37. The fraction of sp³-hybridized carbons (Fsp3) is 0.308. The van der Waals surface area contributed by atoms with E-state index in [1.54, 1.807) is 18.7 Å². The molecule has 9 heteroatoms. The molecule has 2 aromatic rings. The SMILES string of the molecule is CCOC(=O)C1=C(CSc2nc(CC)c(C)cc2C#N)OC(N)=C(C#N)[C@@H]1c1ccc(SC)cc1. The summed E-state index contributed by atoms with van der Waals surface area (Å²) in [4.78, 5) is 18.8. The number of carbonyl (C=O) groups is 1. The van der Waals surface area contributed by atoms with E-state index in [-0.39, 0.29) is 35.1 Å². The van der Waals surface area contributed by atoms with Gasteiger partial charge in [-0.1, -0.05) is 30.8 Å². The average molecular weight is 507 g/mol. The Hall–Kier alpha value is -3.40. The first kappa shape index (κ1) is 26.2. The Kier molecular flexibility index (Phi) is 8.86. The normalized spacial score (nSPS) is 15.3. The lowest BCUT2D eigenvalue weighted by atomic mass is 9.83. The molecule has 0 bridgehead atoms. The van der Waals surface area contributed by atoms with Gasteiger partial charge in [0, 0.05) is 10.6 Å². The number of ether oxygens (including phenoxy) is 2. The summed E-state index contributed by atoms with van der Waals surface area (Å²) in [5, 5.41) is 20.0. The van der Waals surface area contributed by atoms with Crippen molar-refractivity contribution < 1.29 is 14.3 Å². The largest absolute Gasteiger partial charge is 0.463 e. The molecule has 0 radical (unpaired) electrons. The molecule has 2 N–H and O–H groups in total. The highest BCUT2D eigenvalue weighted by atomic mass is 32.2. The van der Waals surface area contributed by atoms with Crippen LogP contribution in [0.3, 0.4) is 0 Å². The van der Waals surface area contributed by atoms with Crippen LogP contribution < -0.4 is 5.73 Å². The van der Waals surface area contributed by atoms with Crippen LogP contribution in [0.4, 0.5) is 0 Å². The number of rotatable bonds is 8. The molecule has 3 rings (SSSR count). The molecule has 7 nitrogen and oxygen atoms in total. The third-order valence-corrected chi connectivity index (χ3v) is 7.25. The van der Waals surface area contributed by atoms with Crippen molar-refractivity contribution in [3.63, 3.8) is 0 Å². The molecule has 2 heterocycles. The van der Waals surface area contributed by atoms with Gasteiger partial charge in [-0.15, -0.1) is 11.8 Å². The molecule has 180 valence electrons. The Labute approximate surface area is 214 Å². The van der Waals surface area contributed by atoms with E-state index in [0.29, 0.717) is 10.6 Å². The molecule has 1 aliphatic heterocycles. The number of esters is 1. The minimum Gasteiger partial charge on any atom is -0.463 e. The third kappa shape index (κ3) is 5.64. The fourth-order valence-corrected chi connectivity index (χ4v) is 5.13. The van der Waals surface area contributed by atoms with Crippen LogP contribution in [0.2, 0.25) is 0 Å². The van der Waals surface area contributed by atoms with Crippen molar-refractivity contribution in [2.45, 2.75) is 43.0 Å². The van der Waals surface area contributed by atoms with Crippen LogP contribution in [0, 0.1) is 29.6 Å². The number of hydrogen-bond donors (Lipinski definition) is 1. The number of nitrogens with two attached hydrogens (primary N) is 1. The first-order valence-corrected chi connectivity index (χ1v) is 13.2. The van der Waals surface area contributed by atoms with Gasteiger partial charge in [0.25, 0.3) is 0 Å². The van der Waals surface area contributed by atoms with Gasteiger partial charge in [0.2, 0.25) is 5.88 Å². The monoisotopic (exact) mass is 506 g/mol. The van der Waals surface area contributed by atoms with Gasteiger partial charge in [0.1, 0.15) is 28.5 Å². The molecule has 0 unspecified atom stereocenters. The number of carbonyl (C=O) groups excluding carboxylic acids is 1. The molecule has 1 atom stereocenters. The van der Waals surface area contributed by atoms with Gasteiger partial charge < -0.3 is 15.2 Å². The molecule has 1 aromatic carbocycles. The van der Waals surface area contributed by atoms with Crippen LogP contribution in [-0.2, 0) is 20.7 Å². The lowest BCUT2D eigenvalue weighted by molar-refractivity contribution is -0.139. The first-order chi connectivity index (χ1) is 16.9. The molecule has 0 saturated heterocycles. The molecular formula is C26H26N4O3S2. The van der Waals surface area contributed by atoms with E-state index in [1.165, 1.54) is 11.8 Å². The van der Waals surface area contributed by atoms with E-state index in [0.717, 1.165) is 28.1 Å². The average Bonchev–Trinajstić information content (AvgIpc) is 2.87. The Morgan fingerprint density at radius 3 is 2.51 bits per heavy atom. The molecule has 1 aromatic heterocycles. The zero-order valence-electron chi connectivity index (χ0n) is 20.0. The quantitative estimate of drug-likeness (QED) is 0.391. The molecule has 0 spiro atoms. The van der Waals surface area contributed by atoms with Crippen molar-refractivity contribution in [3.05, 3.63) is 75.5 Å². The van der Waals surface area contributed by atoms with E-state index < -0.39 is 11.9 Å². The summed E-state index contributed by atoms with van der Waals surface area (Å²) in [7, 11) is 0. The summed E-state index contributed by atoms with van der Waals surface area (Å²) in [6, 6.07) is 13.7. The fourth-order valence-electron chi connectivity index (χ4n) is 3.80. The van der Waals surface area contributed by atoms with Crippen LogP contribution in [0.5, 0.6) is 0 Å². The van der Waals surface area contributed by atoms with Gasteiger partial charge in [0.15, 0.2) is 0 Å². The van der Waals surface area contributed by atoms with Crippen molar-refractivity contribution >= 4 is 29.5 Å². The van der Waals surface area contributed by atoms with E-state index >= 15 is 0 Å². The van der Waals surface area contributed by atoms with Crippen molar-refractivity contribution in [3.8, 4) is 12.1 Å². The lowest BCUT2D eigenvalue weighted by Crippen LogP contribution is -2.27. The van der Waals surface area contributed by atoms with Gasteiger partial charge in [-0.3, -0.25) is 0 Å². The Morgan fingerprint density at radius 1 is 1.23 bits per heavy atom. The first-order valence-electron chi connectivity index (χ1n) is 11.0. The second-order valence-corrected chi connectivity index (χ2v) is 9.46. The van der Waals surface area contributed by atoms with E-state index in [2.05, 4.69) is 17.1 Å². The summed E-state index contributed by atoms with van der Waals surface area (Å²) in [6.07, 6.45) is 2.70. The number of aromatic nitrogens is 1. The Morgan fingerprint density at radius 2 is 1.94 bits per heavy atom. The van der Waals surface area contributed by atoms with Crippen LogP contribution in [-0.4, -0.2) is 29.6 Å². The Balaban J connectivity index is 2.10. The smallest absolute Gasteiger partial charge is 0.338 e. The summed E-state index contributed by atoms with van der Waals surface area (Å²) < 4.78 is 11.2. The van der Waals surface area contributed by atoms with Crippen molar-refractivity contribution in [2.75, 3.05) is 18.6 Å². The predicted octanol–water partition coefficient (Wildman–Crippen LogP) is 4.96. The molecule has 0 amide bonds. The van der Waals surface area contributed by atoms with Crippen LogP contribution >= 0.6 is 23.5 Å². The van der Waals surface area contributed by atoms with Gasteiger partial charge in [-0.05, 0) is 55.9 Å². The summed E-state index contributed by atoms with van der Waals surface area (Å²) in [5.74, 6) is -0.892. The Bertz CT molecular complexity index is 1270. The lowest BCUT2D eigenvalue weighted by Gasteiger charge is -2.28. The number of pyridine rings is 1.